The average molecular weight is 581 g/mol. The smallest absolute Gasteiger partial charge is 0.303 e. The standard InChI is InChI=1S/C23H36INO8/c1-30-13-14-32-18-33-23-19(15-20(25(28)29)16-21(23)24)17-31-12-10-8-6-4-2-3-5-7-9-11-22(26)27/h15-16H,2-14,17-18H2,1H3,(H,26,27). The largest absolute Gasteiger partial charge is 0.481 e. The highest BCUT2D eigenvalue weighted by Gasteiger charge is 2.17. The van der Waals surface area contributed by atoms with E-state index in [1.165, 1.54) is 25.0 Å². The molecule has 0 aromatic heterocycles. The maximum absolute atomic E-state index is 11.2. The van der Waals surface area contributed by atoms with Crippen molar-refractivity contribution in [2.24, 2.45) is 0 Å². The van der Waals surface area contributed by atoms with E-state index in [1.54, 1.807) is 7.11 Å². The summed E-state index contributed by atoms with van der Waals surface area (Å²) in [5.41, 5.74) is 0.639. The van der Waals surface area contributed by atoms with Crippen LogP contribution in [0.15, 0.2) is 12.1 Å². The van der Waals surface area contributed by atoms with Gasteiger partial charge in [0.2, 0.25) is 0 Å². The van der Waals surface area contributed by atoms with Crippen molar-refractivity contribution in [1.29, 1.82) is 0 Å². The summed E-state index contributed by atoms with van der Waals surface area (Å²) in [6, 6.07) is 2.96. The quantitative estimate of drug-likeness (QED) is 0.0646. The molecule has 33 heavy (non-hydrogen) atoms. The molecule has 0 bridgehead atoms. The van der Waals surface area contributed by atoms with E-state index >= 15 is 0 Å². The van der Waals surface area contributed by atoms with Gasteiger partial charge in [0.25, 0.3) is 5.69 Å². The fraction of sp³-hybridized carbons (Fsp3) is 0.696. The van der Waals surface area contributed by atoms with Crippen molar-refractivity contribution in [2.45, 2.75) is 70.8 Å². The van der Waals surface area contributed by atoms with E-state index in [0.717, 1.165) is 44.9 Å². The zero-order valence-corrected chi connectivity index (χ0v) is 21.5. The number of carboxylic acids is 1. The van der Waals surface area contributed by atoms with Gasteiger partial charge in [0, 0.05) is 37.8 Å². The number of unbranched alkanes of at least 4 members (excludes halogenated alkanes) is 8. The van der Waals surface area contributed by atoms with Crippen LogP contribution in [0.4, 0.5) is 5.69 Å². The number of ether oxygens (including phenoxy) is 4. The van der Waals surface area contributed by atoms with E-state index in [9.17, 15) is 14.9 Å². The van der Waals surface area contributed by atoms with Crippen LogP contribution < -0.4 is 4.74 Å². The highest BCUT2D eigenvalue weighted by atomic mass is 127. The molecular formula is C23H36INO8. The van der Waals surface area contributed by atoms with Crippen molar-refractivity contribution < 1.29 is 33.8 Å². The maximum atomic E-state index is 11.2. The number of methoxy groups -OCH3 is 1. The van der Waals surface area contributed by atoms with Crippen molar-refractivity contribution in [2.75, 3.05) is 33.7 Å². The van der Waals surface area contributed by atoms with Gasteiger partial charge in [-0.15, -0.1) is 0 Å². The van der Waals surface area contributed by atoms with Gasteiger partial charge >= 0.3 is 5.97 Å². The molecule has 0 spiro atoms. The summed E-state index contributed by atoms with van der Waals surface area (Å²) in [6.45, 7) is 1.71. The number of non-ortho nitro benzene ring substituents is 1. The Morgan fingerprint density at radius 2 is 1.61 bits per heavy atom. The van der Waals surface area contributed by atoms with Gasteiger partial charge in [0.1, 0.15) is 5.75 Å². The van der Waals surface area contributed by atoms with Crippen LogP contribution in [-0.2, 0) is 25.6 Å². The second-order valence-electron chi connectivity index (χ2n) is 7.71. The summed E-state index contributed by atoms with van der Waals surface area (Å²) in [6.07, 6.45) is 9.76. The monoisotopic (exact) mass is 581 g/mol. The van der Waals surface area contributed by atoms with Crippen LogP contribution >= 0.6 is 22.6 Å². The Hall–Kier alpha value is -1.50. The summed E-state index contributed by atoms with van der Waals surface area (Å²) in [7, 11) is 1.59. The number of halogens is 1. The SMILES string of the molecule is COCCOCOc1c(I)cc([N+](=O)[O-])cc1COCCCCCCCCCCCC(=O)O. The van der Waals surface area contributed by atoms with Crippen LogP contribution in [0.3, 0.4) is 0 Å². The van der Waals surface area contributed by atoms with E-state index in [1.807, 2.05) is 22.6 Å². The van der Waals surface area contributed by atoms with Crippen LogP contribution in [0.2, 0.25) is 0 Å². The van der Waals surface area contributed by atoms with Gasteiger partial charge in [-0.2, -0.15) is 0 Å². The Kier molecular flexibility index (Phi) is 16.9. The molecule has 0 aliphatic rings. The number of hydrogen-bond donors (Lipinski definition) is 1. The first-order valence-electron chi connectivity index (χ1n) is 11.4. The Morgan fingerprint density at radius 3 is 2.21 bits per heavy atom. The molecule has 0 heterocycles. The minimum Gasteiger partial charge on any atom is -0.481 e. The van der Waals surface area contributed by atoms with Gasteiger partial charge in [0.15, 0.2) is 6.79 Å². The number of nitro groups is 1. The molecule has 0 saturated heterocycles. The van der Waals surface area contributed by atoms with Crippen LogP contribution in [0.1, 0.15) is 69.8 Å². The minimum absolute atomic E-state index is 0.00797. The summed E-state index contributed by atoms with van der Waals surface area (Å²) < 4.78 is 22.4. The number of carboxylic acid groups (broad SMARTS) is 1. The maximum Gasteiger partial charge on any atom is 0.303 e. The minimum atomic E-state index is -0.715. The topological polar surface area (TPSA) is 117 Å². The first-order chi connectivity index (χ1) is 16.0. The molecule has 0 radical (unpaired) electrons. The van der Waals surface area contributed by atoms with Gasteiger partial charge in [-0.25, -0.2) is 0 Å². The molecule has 1 rings (SSSR count). The second-order valence-corrected chi connectivity index (χ2v) is 8.88. The van der Waals surface area contributed by atoms with Crippen LogP contribution in [0.25, 0.3) is 0 Å². The lowest BCUT2D eigenvalue weighted by Crippen LogP contribution is -2.10. The van der Waals surface area contributed by atoms with E-state index in [-0.39, 0.29) is 25.5 Å². The fourth-order valence-electron chi connectivity index (χ4n) is 3.21. The molecule has 0 aliphatic heterocycles. The fourth-order valence-corrected chi connectivity index (χ4v) is 4.03. The molecule has 0 saturated carbocycles. The van der Waals surface area contributed by atoms with E-state index in [2.05, 4.69) is 0 Å². The summed E-state index contributed by atoms with van der Waals surface area (Å²) >= 11 is 2.02. The summed E-state index contributed by atoms with van der Waals surface area (Å²) in [5, 5.41) is 19.8. The van der Waals surface area contributed by atoms with Gasteiger partial charge in [-0.1, -0.05) is 44.9 Å². The second kappa shape index (κ2) is 18.9. The van der Waals surface area contributed by atoms with Gasteiger partial charge < -0.3 is 24.1 Å². The molecule has 0 unspecified atom stereocenters. The normalized spacial score (nSPS) is 11.0. The van der Waals surface area contributed by atoms with E-state index in [0.29, 0.717) is 34.7 Å². The third kappa shape index (κ3) is 14.4. The Labute approximate surface area is 209 Å². The van der Waals surface area contributed by atoms with Crippen LogP contribution in [0, 0.1) is 13.7 Å². The third-order valence-corrected chi connectivity index (χ3v) is 5.77. The molecule has 1 aromatic rings. The van der Waals surface area contributed by atoms with Crippen LogP contribution in [0.5, 0.6) is 5.75 Å². The zero-order valence-electron chi connectivity index (χ0n) is 19.4. The first-order valence-corrected chi connectivity index (χ1v) is 12.5. The van der Waals surface area contributed by atoms with Gasteiger partial charge in [0.05, 0.1) is 28.3 Å². The molecule has 0 aliphatic carbocycles. The number of aliphatic carboxylic acids is 1. The van der Waals surface area contributed by atoms with Crippen molar-refractivity contribution in [1.82, 2.24) is 0 Å². The lowest BCUT2D eigenvalue weighted by molar-refractivity contribution is -0.385. The number of carbonyl (C=O) groups is 1. The first kappa shape index (κ1) is 29.5. The Bertz CT molecular complexity index is 701. The molecule has 0 amide bonds. The van der Waals surface area contributed by atoms with Crippen molar-refractivity contribution >= 4 is 34.2 Å². The highest BCUT2D eigenvalue weighted by Crippen LogP contribution is 2.31. The van der Waals surface area contributed by atoms with Crippen LogP contribution in [-0.4, -0.2) is 49.7 Å². The molecular weight excluding hydrogens is 545 g/mol. The summed E-state index contributed by atoms with van der Waals surface area (Å²) in [5.74, 6) is -0.171. The van der Waals surface area contributed by atoms with Crippen molar-refractivity contribution in [3.05, 3.63) is 31.4 Å². The lowest BCUT2D eigenvalue weighted by atomic mass is 10.1. The predicted octanol–water partition coefficient (Wildman–Crippen LogP) is 5.70. The predicted molar refractivity (Wildman–Crippen MR) is 133 cm³/mol. The molecule has 1 aromatic carbocycles. The van der Waals surface area contributed by atoms with Crippen molar-refractivity contribution in [3.63, 3.8) is 0 Å². The molecule has 0 atom stereocenters. The highest BCUT2D eigenvalue weighted by molar-refractivity contribution is 14.1. The van der Waals surface area contributed by atoms with E-state index in [4.69, 9.17) is 24.1 Å². The lowest BCUT2D eigenvalue weighted by Gasteiger charge is -2.14. The van der Waals surface area contributed by atoms with Gasteiger partial charge in [-0.05, 0) is 35.4 Å². The molecule has 0 fully saturated rings. The number of hydrogen-bond acceptors (Lipinski definition) is 7. The number of nitro benzene ring substituents is 1. The molecule has 9 nitrogen and oxygen atoms in total. The number of nitrogens with zero attached hydrogens (tertiary/aromatic N) is 1. The van der Waals surface area contributed by atoms with Gasteiger partial charge in [-0.3, -0.25) is 14.9 Å². The third-order valence-electron chi connectivity index (χ3n) is 4.97. The zero-order chi connectivity index (χ0) is 24.3. The molecule has 10 heteroatoms. The Balaban J connectivity index is 2.28. The summed E-state index contributed by atoms with van der Waals surface area (Å²) in [4.78, 5) is 21.2. The molecule has 188 valence electrons. The Morgan fingerprint density at radius 1 is 0.970 bits per heavy atom. The average Bonchev–Trinajstić information content (AvgIpc) is 2.77. The number of benzene rings is 1. The number of rotatable bonds is 21. The van der Waals surface area contributed by atoms with E-state index < -0.39 is 10.9 Å². The van der Waals surface area contributed by atoms with Crippen molar-refractivity contribution in [3.8, 4) is 5.75 Å². The molecule has 1 N–H and O–H groups in total.